The Balaban J connectivity index is 1.83. The highest BCUT2D eigenvalue weighted by Crippen LogP contribution is 2.21. The predicted octanol–water partition coefficient (Wildman–Crippen LogP) is 4.36. The molecule has 1 N–H and O–H groups in total. The molecule has 0 bridgehead atoms. The fraction of sp³-hybridized carbons (Fsp3) is 0.176. The summed E-state index contributed by atoms with van der Waals surface area (Å²) in [5, 5.41) is 1.24. The van der Waals surface area contributed by atoms with Gasteiger partial charge in [-0.05, 0) is 37.1 Å². The monoisotopic (exact) mass is 251 g/mol. The molecule has 0 unspecified atom stereocenters. The van der Waals surface area contributed by atoms with Gasteiger partial charge in [-0.1, -0.05) is 36.4 Å². The second-order valence-corrected chi connectivity index (χ2v) is 4.89. The van der Waals surface area contributed by atoms with Crippen LogP contribution in [-0.4, -0.2) is 4.98 Å². The lowest BCUT2D eigenvalue weighted by atomic mass is 10.2. The number of rotatable bonds is 3. The maximum atomic E-state index is 5.86. The van der Waals surface area contributed by atoms with Crippen LogP contribution < -0.4 is 4.74 Å². The van der Waals surface area contributed by atoms with Crippen molar-refractivity contribution in [2.24, 2.45) is 0 Å². The van der Waals surface area contributed by atoms with Gasteiger partial charge in [-0.3, -0.25) is 0 Å². The first-order chi connectivity index (χ1) is 9.24. The van der Waals surface area contributed by atoms with Gasteiger partial charge in [0.1, 0.15) is 12.4 Å². The highest BCUT2D eigenvalue weighted by atomic mass is 16.5. The van der Waals surface area contributed by atoms with Gasteiger partial charge in [-0.2, -0.15) is 0 Å². The first kappa shape index (κ1) is 11.8. The topological polar surface area (TPSA) is 25.0 Å². The molecule has 0 saturated heterocycles. The van der Waals surface area contributed by atoms with Crippen molar-refractivity contribution in [3.8, 4) is 5.75 Å². The number of benzene rings is 2. The molecule has 19 heavy (non-hydrogen) atoms. The average Bonchev–Trinajstić information content (AvgIpc) is 2.82. The van der Waals surface area contributed by atoms with Crippen LogP contribution in [0.25, 0.3) is 10.9 Å². The lowest BCUT2D eigenvalue weighted by molar-refractivity contribution is 0.300. The van der Waals surface area contributed by atoms with Crippen molar-refractivity contribution in [2.45, 2.75) is 20.5 Å². The zero-order chi connectivity index (χ0) is 13.2. The Morgan fingerprint density at radius 1 is 0.947 bits per heavy atom. The van der Waals surface area contributed by atoms with E-state index in [2.05, 4.69) is 49.2 Å². The van der Waals surface area contributed by atoms with Gasteiger partial charge in [0, 0.05) is 10.9 Å². The first-order valence-corrected chi connectivity index (χ1v) is 6.50. The summed E-state index contributed by atoms with van der Waals surface area (Å²) in [5.74, 6) is 0.942. The van der Waals surface area contributed by atoms with Crippen LogP contribution in [0.15, 0.2) is 48.5 Å². The molecule has 0 saturated carbocycles. The fourth-order valence-electron chi connectivity index (χ4n) is 2.32. The molecule has 1 heterocycles. The molecule has 1 aromatic heterocycles. The van der Waals surface area contributed by atoms with E-state index in [9.17, 15) is 0 Å². The number of nitrogens with one attached hydrogen (secondary N) is 1. The SMILES string of the molecule is Cc1ccccc1OCc1cc2cccc(C)c2[nH]1. The van der Waals surface area contributed by atoms with Gasteiger partial charge in [0.2, 0.25) is 0 Å². The molecular formula is C17H17NO. The van der Waals surface area contributed by atoms with E-state index < -0.39 is 0 Å². The second-order valence-electron chi connectivity index (χ2n) is 4.89. The minimum Gasteiger partial charge on any atom is -0.487 e. The molecule has 3 rings (SSSR count). The molecule has 2 aromatic carbocycles. The van der Waals surface area contributed by atoms with Crippen LogP contribution in [0.4, 0.5) is 0 Å². The fourth-order valence-corrected chi connectivity index (χ4v) is 2.32. The highest BCUT2D eigenvalue weighted by Gasteiger charge is 2.04. The molecule has 0 aliphatic carbocycles. The number of aryl methyl sites for hydroxylation is 2. The van der Waals surface area contributed by atoms with E-state index >= 15 is 0 Å². The van der Waals surface area contributed by atoms with Gasteiger partial charge in [0.05, 0.1) is 5.69 Å². The molecule has 0 fully saturated rings. The number of hydrogen-bond acceptors (Lipinski definition) is 1. The Morgan fingerprint density at radius 2 is 1.74 bits per heavy atom. The van der Waals surface area contributed by atoms with Gasteiger partial charge in [-0.15, -0.1) is 0 Å². The number of hydrogen-bond donors (Lipinski definition) is 1. The Hall–Kier alpha value is -2.22. The van der Waals surface area contributed by atoms with Crippen molar-refractivity contribution in [1.82, 2.24) is 4.98 Å². The van der Waals surface area contributed by atoms with Crippen molar-refractivity contribution >= 4 is 10.9 Å². The van der Waals surface area contributed by atoms with Crippen molar-refractivity contribution in [3.05, 3.63) is 65.4 Å². The first-order valence-electron chi connectivity index (χ1n) is 6.50. The van der Waals surface area contributed by atoms with Crippen molar-refractivity contribution in [1.29, 1.82) is 0 Å². The molecule has 0 aliphatic heterocycles. The molecule has 0 amide bonds. The van der Waals surface area contributed by atoms with Crippen molar-refractivity contribution in [2.75, 3.05) is 0 Å². The summed E-state index contributed by atoms with van der Waals surface area (Å²) in [6, 6.07) is 16.6. The van der Waals surface area contributed by atoms with E-state index in [1.165, 1.54) is 16.5 Å². The van der Waals surface area contributed by atoms with Crippen molar-refractivity contribution in [3.63, 3.8) is 0 Å². The maximum absolute atomic E-state index is 5.86. The molecule has 0 aliphatic rings. The molecule has 2 heteroatoms. The van der Waals surface area contributed by atoms with E-state index in [-0.39, 0.29) is 0 Å². The van der Waals surface area contributed by atoms with E-state index in [1.807, 2.05) is 18.2 Å². The van der Waals surface area contributed by atoms with E-state index in [1.54, 1.807) is 0 Å². The zero-order valence-corrected chi connectivity index (χ0v) is 11.2. The number of aromatic amines is 1. The van der Waals surface area contributed by atoms with Gasteiger partial charge >= 0.3 is 0 Å². The number of para-hydroxylation sites is 2. The van der Waals surface area contributed by atoms with E-state index in [0.717, 1.165) is 17.0 Å². The lowest BCUT2D eigenvalue weighted by Crippen LogP contribution is -1.96. The summed E-state index contributed by atoms with van der Waals surface area (Å²) in [7, 11) is 0. The standard InChI is InChI=1S/C17H17NO/c1-12-6-3-4-9-16(12)19-11-15-10-14-8-5-7-13(2)17(14)18-15/h3-10,18H,11H2,1-2H3. The number of fused-ring (bicyclic) bond motifs is 1. The third-order valence-corrected chi connectivity index (χ3v) is 3.40. The molecule has 0 atom stereocenters. The quantitative estimate of drug-likeness (QED) is 0.735. The Bertz CT molecular complexity index is 712. The predicted molar refractivity (Wildman–Crippen MR) is 78.5 cm³/mol. The van der Waals surface area contributed by atoms with Crippen LogP contribution in [0, 0.1) is 13.8 Å². The minimum absolute atomic E-state index is 0.568. The third kappa shape index (κ3) is 2.34. The summed E-state index contributed by atoms with van der Waals surface area (Å²) in [5.41, 5.74) is 4.73. The van der Waals surface area contributed by atoms with Crippen LogP contribution in [0.2, 0.25) is 0 Å². The van der Waals surface area contributed by atoms with Crippen LogP contribution in [0.5, 0.6) is 5.75 Å². The largest absolute Gasteiger partial charge is 0.487 e. The number of H-pyrrole nitrogens is 1. The highest BCUT2D eigenvalue weighted by molar-refractivity contribution is 5.83. The van der Waals surface area contributed by atoms with Gasteiger partial charge < -0.3 is 9.72 Å². The summed E-state index contributed by atoms with van der Waals surface area (Å²) < 4.78 is 5.86. The van der Waals surface area contributed by atoms with Crippen molar-refractivity contribution < 1.29 is 4.74 Å². The minimum atomic E-state index is 0.568. The van der Waals surface area contributed by atoms with Crippen LogP contribution >= 0.6 is 0 Å². The number of aromatic nitrogens is 1. The van der Waals surface area contributed by atoms with E-state index in [4.69, 9.17) is 4.74 Å². The Kier molecular flexibility index (Phi) is 3.00. The average molecular weight is 251 g/mol. The van der Waals surface area contributed by atoms with Crippen LogP contribution in [-0.2, 0) is 6.61 Å². The normalized spacial score (nSPS) is 10.8. The molecule has 0 radical (unpaired) electrons. The van der Waals surface area contributed by atoms with Crippen LogP contribution in [0.1, 0.15) is 16.8 Å². The van der Waals surface area contributed by atoms with Gasteiger partial charge in [0.15, 0.2) is 0 Å². The zero-order valence-electron chi connectivity index (χ0n) is 11.2. The Morgan fingerprint density at radius 3 is 2.53 bits per heavy atom. The molecule has 0 spiro atoms. The smallest absolute Gasteiger partial charge is 0.128 e. The molecule has 2 nitrogen and oxygen atoms in total. The molecule has 3 aromatic rings. The van der Waals surface area contributed by atoms with Crippen LogP contribution in [0.3, 0.4) is 0 Å². The third-order valence-electron chi connectivity index (χ3n) is 3.40. The maximum Gasteiger partial charge on any atom is 0.128 e. The Labute approximate surface area is 113 Å². The summed E-state index contributed by atoms with van der Waals surface area (Å²) in [6.45, 7) is 4.74. The molecule has 96 valence electrons. The second kappa shape index (κ2) is 4.81. The lowest BCUT2D eigenvalue weighted by Gasteiger charge is -2.07. The van der Waals surface area contributed by atoms with Gasteiger partial charge in [0.25, 0.3) is 0 Å². The summed E-state index contributed by atoms with van der Waals surface area (Å²) >= 11 is 0. The van der Waals surface area contributed by atoms with E-state index in [0.29, 0.717) is 6.61 Å². The summed E-state index contributed by atoms with van der Waals surface area (Å²) in [6.07, 6.45) is 0. The summed E-state index contributed by atoms with van der Waals surface area (Å²) in [4.78, 5) is 3.43. The number of ether oxygens (including phenoxy) is 1. The van der Waals surface area contributed by atoms with Gasteiger partial charge in [-0.25, -0.2) is 0 Å². The molecular weight excluding hydrogens is 234 g/mol.